The van der Waals surface area contributed by atoms with Crippen molar-refractivity contribution in [2.75, 3.05) is 18.1 Å². The molecule has 0 aromatic heterocycles. The van der Waals surface area contributed by atoms with Gasteiger partial charge in [0.05, 0.1) is 12.2 Å². The van der Waals surface area contributed by atoms with Crippen molar-refractivity contribution in [3.05, 3.63) is 59.2 Å². The number of nitrogens with two attached hydrogens (primary N) is 1. The highest BCUT2D eigenvalue weighted by Gasteiger charge is 2.21. The Morgan fingerprint density at radius 3 is 2.71 bits per heavy atom. The van der Waals surface area contributed by atoms with Gasteiger partial charge in [0.15, 0.2) is 11.6 Å². The molecule has 0 radical (unpaired) electrons. The number of hydrogen-bond donors (Lipinski definition) is 1. The number of nitrogens with zero attached hydrogens (tertiary/aromatic N) is 1. The van der Waals surface area contributed by atoms with Crippen molar-refractivity contribution in [3.8, 4) is 5.75 Å². The first-order valence-corrected chi connectivity index (χ1v) is 6.83. The van der Waals surface area contributed by atoms with E-state index in [0.717, 1.165) is 11.3 Å². The third kappa shape index (κ3) is 2.56. The van der Waals surface area contributed by atoms with Gasteiger partial charge in [0.2, 0.25) is 0 Å². The monoisotopic (exact) mass is 290 g/mol. The van der Waals surface area contributed by atoms with Crippen LogP contribution in [0.5, 0.6) is 5.75 Å². The Bertz CT molecular complexity index is 661. The molecule has 1 aliphatic rings. The largest absolute Gasteiger partial charge is 0.491 e. The molecule has 5 heteroatoms. The number of anilines is 1. The third-order valence-corrected chi connectivity index (χ3v) is 3.66. The van der Waals surface area contributed by atoms with E-state index in [4.69, 9.17) is 10.5 Å². The summed E-state index contributed by atoms with van der Waals surface area (Å²) in [6, 6.07) is 10.7. The normalized spacial score (nSPS) is 14.3. The molecule has 0 atom stereocenters. The number of hydrogen-bond acceptors (Lipinski definition) is 3. The zero-order valence-corrected chi connectivity index (χ0v) is 11.5. The molecule has 3 rings (SSSR count). The second-order valence-corrected chi connectivity index (χ2v) is 4.95. The maximum absolute atomic E-state index is 14.2. The van der Waals surface area contributed by atoms with Crippen LogP contribution in [0.3, 0.4) is 0 Å². The van der Waals surface area contributed by atoms with E-state index in [0.29, 0.717) is 19.7 Å². The zero-order chi connectivity index (χ0) is 14.8. The van der Waals surface area contributed by atoms with Gasteiger partial charge in [-0.2, -0.15) is 0 Å². The topological polar surface area (TPSA) is 38.5 Å². The molecule has 0 saturated heterocycles. The van der Waals surface area contributed by atoms with E-state index in [2.05, 4.69) is 0 Å². The summed E-state index contributed by atoms with van der Waals surface area (Å²) >= 11 is 0. The van der Waals surface area contributed by atoms with Gasteiger partial charge in [-0.15, -0.1) is 0 Å². The third-order valence-electron chi connectivity index (χ3n) is 3.66. The molecule has 0 bridgehead atoms. The van der Waals surface area contributed by atoms with E-state index < -0.39 is 11.6 Å². The van der Waals surface area contributed by atoms with E-state index in [1.165, 1.54) is 6.07 Å². The van der Waals surface area contributed by atoms with Gasteiger partial charge in [0, 0.05) is 24.2 Å². The number of halogens is 2. The molecule has 0 fully saturated rings. The molecule has 1 heterocycles. The smallest absolute Gasteiger partial charge is 0.182 e. The number of ether oxygens (including phenoxy) is 1. The van der Waals surface area contributed by atoms with Crippen molar-refractivity contribution in [1.82, 2.24) is 0 Å². The lowest BCUT2D eigenvalue weighted by Gasteiger charge is -2.23. The molecular formula is C16H16F2N2O. The van der Waals surface area contributed by atoms with Gasteiger partial charge in [0.25, 0.3) is 0 Å². The molecule has 2 N–H and O–H groups in total. The summed E-state index contributed by atoms with van der Waals surface area (Å²) in [5.74, 6) is -0.926. The lowest BCUT2D eigenvalue weighted by atomic mass is 10.1. The quantitative estimate of drug-likeness (QED) is 0.924. The van der Waals surface area contributed by atoms with E-state index in [1.54, 1.807) is 11.0 Å². The van der Waals surface area contributed by atoms with Gasteiger partial charge in [-0.3, -0.25) is 0 Å². The molecule has 2 aromatic carbocycles. The fourth-order valence-corrected chi connectivity index (χ4v) is 2.51. The fourth-order valence-electron chi connectivity index (χ4n) is 2.51. The Morgan fingerprint density at radius 1 is 1.10 bits per heavy atom. The summed E-state index contributed by atoms with van der Waals surface area (Å²) in [6.07, 6.45) is 0. The van der Waals surface area contributed by atoms with Crippen LogP contribution in [0, 0.1) is 11.6 Å². The van der Waals surface area contributed by atoms with E-state index in [9.17, 15) is 8.78 Å². The van der Waals surface area contributed by atoms with Crippen LogP contribution in [-0.2, 0) is 13.1 Å². The second-order valence-electron chi connectivity index (χ2n) is 4.95. The Kier molecular flexibility index (Phi) is 3.75. The molecule has 21 heavy (non-hydrogen) atoms. The van der Waals surface area contributed by atoms with E-state index >= 15 is 0 Å². The fraction of sp³-hybridized carbons (Fsp3) is 0.250. The average Bonchev–Trinajstić information content (AvgIpc) is 2.72. The van der Waals surface area contributed by atoms with Gasteiger partial charge < -0.3 is 15.4 Å². The number of para-hydroxylation sites is 1. The molecule has 0 spiro atoms. The van der Waals surface area contributed by atoms with Crippen LogP contribution in [0.25, 0.3) is 0 Å². The Morgan fingerprint density at radius 2 is 1.90 bits per heavy atom. The maximum atomic E-state index is 14.2. The van der Waals surface area contributed by atoms with Gasteiger partial charge >= 0.3 is 0 Å². The second kappa shape index (κ2) is 5.69. The molecule has 0 unspecified atom stereocenters. The Hall–Kier alpha value is -2.14. The summed E-state index contributed by atoms with van der Waals surface area (Å²) in [6.45, 7) is 1.38. The van der Waals surface area contributed by atoms with Gasteiger partial charge in [-0.1, -0.05) is 24.3 Å². The summed E-state index contributed by atoms with van der Waals surface area (Å²) in [4.78, 5) is 1.78. The minimum Gasteiger partial charge on any atom is -0.491 e. The van der Waals surface area contributed by atoms with Crippen LogP contribution < -0.4 is 15.4 Å². The van der Waals surface area contributed by atoms with Crippen molar-refractivity contribution >= 4 is 5.69 Å². The average molecular weight is 290 g/mol. The predicted molar refractivity (Wildman–Crippen MR) is 77.2 cm³/mol. The molecular weight excluding hydrogens is 274 g/mol. The summed E-state index contributed by atoms with van der Waals surface area (Å²) < 4.78 is 33.8. The zero-order valence-electron chi connectivity index (χ0n) is 11.5. The molecule has 0 saturated carbocycles. The molecule has 2 aromatic rings. The Labute approximate surface area is 121 Å². The van der Waals surface area contributed by atoms with Crippen LogP contribution in [0.2, 0.25) is 0 Å². The number of rotatable bonds is 2. The van der Waals surface area contributed by atoms with Crippen molar-refractivity contribution in [2.45, 2.75) is 13.1 Å². The van der Waals surface area contributed by atoms with Crippen LogP contribution in [0.1, 0.15) is 11.1 Å². The highest BCUT2D eigenvalue weighted by atomic mass is 19.2. The van der Waals surface area contributed by atoms with Crippen LogP contribution in [0.4, 0.5) is 14.5 Å². The summed E-state index contributed by atoms with van der Waals surface area (Å²) in [5, 5.41) is 0. The first-order valence-electron chi connectivity index (χ1n) is 6.83. The lowest BCUT2D eigenvalue weighted by Crippen LogP contribution is -2.26. The minimum atomic E-state index is -0.867. The highest BCUT2D eigenvalue weighted by Crippen LogP contribution is 2.29. The summed E-state index contributed by atoms with van der Waals surface area (Å²) in [7, 11) is 0. The minimum absolute atomic E-state index is 0.0189. The van der Waals surface area contributed by atoms with Gasteiger partial charge in [0.1, 0.15) is 12.4 Å². The maximum Gasteiger partial charge on any atom is 0.182 e. The van der Waals surface area contributed by atoms with Crippen LogP contribution in [0.15, 0.2) is 36.4 Å². The molecule has 1 aliphatic heterocycles. The van der Waals surface area contributed by atoms with Crippen molar-refractivity contribution in [3.63, 3.8) is 0 Å². The number of benzene rings is 2. The molecule has 0 amide bonds. The molecule has 110 valence electrons. The molecule has 0 aliphatic carbocycles. The lowest BCUT2D eigenvalue weighted by molar-refractivity contribution is 0.331. The van der Waals surface area contributed by atoms with Gasteiger partial charge in [-0.25, -0.2) is 8.78 Å². The van der Waals surface area contributed by atoms with Crippen molar-refractivity contribution in [2.24, 2.45) is 5.73 Å². The first-order chi connectivity index (χ1) is 10.2. The van der Waals surface area contributed by atoms with Gasteiger partial charge in [-0.05, 0) is 12.1 Å². The van der Waals surface area contributed by atoms with Crippen molar-refractivity contribution in [1.29, 1.82) is 0 Å². The highest BCUT2D eigenvalue weighted by molar-refractivity contribution is 5.52. The van der Waals surface area contributed by atoms with Crippen LogP contribution >= 0.6 is 0 Å². The van der Waals surface area contributed by atoms with Crippen molar-refractivity contribution < 1.29 is 13.5 Å². The van der Waals surface area contributed by atoms with Crippen LogP contribution in [-0.4, -0.2) is 13.2 Å². The Balaban J connectivity index is 1.96. The van der Waals surface area contributed by atoms with E-state index in [1.807, 2.05) is 24.3 Å². The summed E-state index contributed by atoms with van der Waals surface area (Å²) in [5.41, 5.74) is 6.78. The predicted octanol–water partition coefficient (Wildman–Crippen LogP) is 2.82. The number of fused-ring (bicyclic) bond motifs is 1. The SMILES string of the molecule is NCc1ccc(N2CCOc3ccccc3C2)c(F)c1F. The first kappa shape index (κ1) is 13.8. The standard InChI is InChI=1S/C16H16F2N2O/c17-15-11(9-19)5-6-13(16(15)18)20-7-8-21-14-4-2-1-3-12(14)10-20/h1-6H,7-10,19H2. The molecule has 3 nitrogen and oxygen atoms in total. The van der Waals surface area contributed by atoms with E-state index in [-0.39, 0.29) is 17.8 Å².